The largest absolute Gasteiger partial charge is 0.497 e. The molecular formula is C15H14FNO3. The standard InChI is InChI=1S/C15H14FNO3/c1-20-12-5-6-13(15(18)19)14(8-12)17-9-10-3-2-4-11(16)7-10/h2-8,17H,9H2,1H3,(H,18,19). The van der Waals surface area contributed by atoms with Crippen LogP contribution in [0.4, 0.5) is 10.1 Å². The number of hydrogen-bond donors (Lipinski definition) is 2. The van der Waals surface area contributed by atoms with E-state index in [0.29, 0.717) is 18.0 Å². The predicted molar refractivity (Wildman–Crippen MR) is 73.7 cm³/mol. The quantitative estimate of drug-likeness (QED) is 0.880. The topological polar surface area (TPSA) is 58.6 Å². The van der Waals surface area contributed by atoms with Gasteiger partial charge in [0.1, 0.15) is 11.6 Å². The predicted octanol–water partition coefficient (Wildman–Crippen LogP) is 3.14. The fourth-order valence-corrected chi connectivity index (χ4v) is 1.83. The second-order valence-electron chi connectivity index (χ2n) is 4.20. The number of aromatic carboxylic acids is 1. The van der Waals surface area contributed by atoms with Crippen LogP contribution in [0.15, 0.2) is 42.5 Å². The summed E-state index contributed by atoms with van der Waals surface area (Å²) in [5, 5.41) is 12.1. The summed E-state index contributed by atoms with van der Waals surface area (Å²) >= 11 is 0. The number of anilines is 1. The van der Waals surface area contributed by atoms with Gasteiger partial charge < -0.3 is 15.2 Å². The molecule has 2 aromatic carbocycles. The molecule has 5 heteroatoms. The molecule has 0 radical (unpaired) electrons. The lowest BCUT2D eigenvalue weighted by Crippen LogP contribution is -2.06. The van der Waals surface area contributed by atoms with Crippen LogP contribution in [0.1, 0.15) is 15.9 Å². The van der Waals surface area contributed by atoms with Crippen molar-refractivity contribution < 1.29 is 19.0 Å². The molecule has 0 saturated carbocycles. The second-order valence-corrected chi connectivity index (χ2v) is 4.20. The number of methoxy groups -OCH3 is 1. The summed E-state index contributed by atoms with van der Waals surface area (Å²) in [6.07, 6.45) is 0. The van der Waals surface area contributed by atoms with Gasteiger partial charge in [-0.3, -0.25) is 0 Å². The fraction of sp³-hybridized carbons (Fsp3) is 0.133. The Bertz CT molecular complexity index is 628. The van der Waals surface area contributed by atoms with E-state index in [0.717, 1.165) is 5.56 Å². The molecule has 0 bridgehead atoms. The van der Waals surface area contributed by atoms with Gasteiger partial charge in [0.25, 0.3) is 0 Å². The van der Waals surface area contributed by atoms with Gasteiger partial charge in [-0.1, -0.05) is 12.1 Å². The maximum atomic E-state index is 13.1. The fourth-order valence-electron chi connectivity index (χ4n) is 1.83. The van der Waals surface area contributed by atoms with E-state index in [-0.39, 0.29) is 11.4 Å². The van der Waals surface area contributed by atoms with E-state index in [1.54, 1.807) is 24.3 Å². The van der Waals surface area contributed by atoms with Crippen LogP contribution in [-0.2, 0) is 6.54 Å². The van der Waals surface area contributed by atoms with Crippen molar-refractivity contribution in [3.8, 4) is 5.75 Å². The van der Waals surface area contributed by atoms with E-state index < -0.39 is 5.97 Å². The van der Waals surface area contributed by atoms with Gasteiger partial charge >= 0.3 is 5.97 Å². The number of ether oxygens (including phenoxy) is 1. The Labute approximate surface area is 115 Å². The molecule has 0 unspecified atom stereocenters. The summed E-state index contributed by atoms with van der Waals surface area (Å²) in [7, 11) is 1.51. The van der Waals surface area contributed by atoms with E-state index in [9.17, 15) is 9.18 Å². The highest BCUT2D eigenvalue weighted by molar-refractivity contribution is 5.94. The van der Waals surface area contributed by atoms with Crippen molar-refractivity contribution in [1.82, 2.24) is 0 Å². The van der Waals surface area contributed by atoms with Crippen molar-refractivity contribution in [3.63, 3.8) is 0 Å². The van der Waals surface area contributed by atoms with Crippen LogP contribution in [0.2, 0.25) is 0 Å². The molecule has 0 fully saturated rings. The normalized spacial score (nSPS) is 10.1. The Morgan fingerprint density at radius 1 is 1.30 bits per heavy atom. The third-order valence-electron chi connectivity index (χ3n) is 2.83. The Morgan fingerprint density at radius 2 is 2.10 bits per heavy atom. The van der Waals surface area contributed by atoms with E-state index in [1.165, 1.54) is 25.3 Å². The summed E-state index contributed by atoms with van der Waals surface area (Å²) in [5.74, 6) is -0.806. The molecule has 0 aliphatic heterocycles. The molecule has 2 N–H and O–H groups in total. The Hall–Kier alpha value is -2.56. The second kappa shape index (κ2) is 6.06. The summed E-state index contributed by atoms with van der Waals surface area (Å²) in [5.41, 5.74) is 1.30. The zero-order valence-electron chi connectivity index (χ0n) is 10.9. The first-order valence-electron chi connectivity index (χ1n) is 6.00. The van der Waals surface area contributed by atoms with Crippen LogP contribution in [-0.4, -0.2) is 18.2 Å². The maximum absolute atomic E-state index is 13.1. The summed E-state index contributed by atoms with van der Waals surface area (Å²) < 4.78 is 18.1. The lowest BCUT2D eigenvalue weighted by atomic mass is 10.1. The van der Waals surface area contributed by atoms with Gasteiger partial charge in [-0.25, -0.2) is 9.18 Å². The van der Waals surface area contributed by atoms with Gasteiger partial charge in [0.05, 0.1) is 18.4 Å². The van der Waals surface area contributed by atoms with Crippen LogP contribution in [0.5, 0.6) is 5.75 Å². The smallest absolute Gasteiger partial charge is 0.337 e. The summed E-state index contributed by atoms with van der Waals surface area (Å²) in [6, 6.07) is 10.8. The molecule has 0 aliphatic carbocycles. The van der Waals surface area contributed by atoms with E-state index in [4.69, 9.17) is 9.84 Å². The van der Waals surface area contributed by atoms with Gasteiger partial charge in [0.2, 0.25) is 0 Å². The summed E-state index contributed by atoms with van der Waals surface area (Å²) in [4.78, 5) is 11.1. The molecule has 0 amide bonds. The minimum atomic E-state index is -1.03. The highest BCUT2D eigenvalue weighted by Crippen LogP contribution is 2.23. The molecule has 0 aliphatic rings. The minimum Gasteiger partial charge on any atom is -0.497 e. The average molecular weight is 275 g/mol. The van der Waals surface area contributed by atoms with Crippen LogP contribution in [0.3, 0.4) is 0 Å². The Balaban J connectivity index is 2.21. The van der Waals surface area contributed by atoms with Crippen molar-refractivity contribution >= 4 is 11.7 Å². The van der Waals surface area contributed by atoms with Crippen LogP contribution >= 0.6 is 0 Å². The first-order chi connectivity index (χ1) is 9.60. The zero-order chi connectivity index (χ0) is 14.5. The molecule has 104 valence electrons. The van der Waals surface area contributed by atoms with Gasteiger partial charge in [-0.15, -0.1) is 0 Å². The van der Waals surface area contributed by atoms with E-state index in [2.05, 4.69) is 5.32 Å². The molecule has 2 aromatic rings. The third-order valence-corrected chi connectivity index (χ3v) is 2.83. The highest BCUT2D eigenvalue weighted by atomic mass is 19.1. The van der Waals surface area contributed by atoms with Crippen molar-refractivity contribution in [2.75, 3.05) is 12.4 Å². The lowest BCUT2D eigenvalue weighted by Gasteiger charge is -2.11. The molecule has 0 saturated heterocycles. The van der Waals surface area contributed by atoms with E-state index >= 15 is 0 Å². The number of carbonyl (C=O) groups is 1. The number of halogens is 1. The van der Waals surface area contributed by atoms with Crippen molar-refractivity contribution in [2.45, 2.75) is 6.54 Å². The molecule has 4 nitrogen and oxygen atoms in total. The molecule has 0 aromatic heterocycles. The number of carboxylic acids is 1. The van der Waals surface area contributed by atoms with E-state index in [1.807, 2.05) is 0 Å². The Morgan fingerprint density at radius 3 is 2.75 bits per heavy atom. The molecular weight excluding hydrogens is 261 g/mol. The number of nitrogens with one attached hydrogen (secondary N) is 1. The molecule has 20 heavy (non-hydrogen) atoms. The van der Waals surface area contributed by atoms with Gasteiger partial charge in [0.15, 0.2) is 0 Å². The molecule has 0 heterocycles. The highest BCUT2D eigenvalue weighted by Gasteiger charge is 2.11. The first-order valence-corrected chi connectivity index (χ1v) is 6.00. The molecule has 0 atom stereocenters. The first kappa shape index (κ1) is 13.9. The number of benzene rings is 2. The van der Waals surface area contributed by atoms with Crippen LogP contribution in [0.25, 0.3) is 0 Å². The number of carboxylic acid groups (broad SMARTS) is 1. The van der Waals surface area contributed by atoms with Gasteiger partial charge in [0, 0.05) is 12.6 Å². The summed E-state index contributed by atoms with van der Waals surface area (Å²) in [6.45, 7) is 0.325. The number of hydrogen-bond acceptors (Lipinski definition) is 3. The van der Waals surface area contributed by atoms with Crippen molar-refractivity contribution in [1.29, 1.82) is 0 Å². The third kappa shape index (κ3) is 3.26. The van der Waals surface area contributed by atoms with Gasteiger partial charge in [-0.05, 0) is 29.8 Å². The average Bonchev–Trinajstić information content (AvgIpc) is 2.44. The zero-order valence-corrected chi connectivity index (χ0v) is 10.9. The minimum absolute atomic E-state index is 0.141. The molecule has 2 rings (SSSR count). The maximum Gasteiger partial charge on any atom is 0.337 e. The van der Waals surface area contributed by atoms with Crippen molar-refractivity contribution in [3.05, 3.63) is 59.4 Å². The Kier molecular flexibility index (Phi) is 4.20. The van der Waals surface area contributed by atoms with Gasteiger partial charge in [-0.2, -0.15) is 0 Å². The van der Waals surface area contributed by atoms with Crippen molar-refractivity contribution in [2.24, 2.45) is 0 Å². The van der Waals surface area contributed by atoms with Crippen LogP contribution < -0.4 is 10.1 Å². The van der Waals surface area contributed by atoms with Crippen LogP contribution in [0, 0.1) is 5.82 Å². The monoisotopic (exact) mass is 275 g/mol. The number of rotatable bonds is 5. The molecule has 0 spiro atoms. The SMILES string of the molecule is COc1ccc(C(=O)O)c(NCc2cccc(F)c2)c1. The lowest BCUT2D eigenvalue weighted by molar-refractivity contribution is 0.0698.